The maximum absolute atomic E-state index is 11.1. The summed E-state index contributed by atoms with van der Waals surface area (Å²) in [7, 11) is 0. The predicted octanol–water partition coefficient (Wildman–Crippen LogP) is 4.67. The fraction of sp³-hybridized carbons (Fsp3) is 0.316. The summed E-state index contributed by atoms with van der Waals surface area (Å²) in [4.78, 5) is 12.9. The lowest BCUT2D eigenvalue weighted by Crippen LogP contribution is -2.25. The number of hydrogen-bond donors (Lipinski definition) is 1. The zero-order chi connectivity index (χ0) is 18.1. The summed E-state index contributed by atoms with van der Waals surface area (Å²) in [6.45, 7) is 5.98. The van der Waals surface area contributed by atoms with E-state index in [1.165, 1.54) is 0 Å². The van der Waals surface area contributed by atoms with Crippen LogP contribution in [0.1, 0.15) is 32.3 Å². The van der Waals surface area contributed by atoms with Crippen molar-refractivity contribution < 1.29 is 4.92 Å². The van der Waals surface area contributed by atoms with E-state index in [0.29, 0.717) is 0 Å². The molecule has 0 heterocycles. The summed E-state index contributed by atoms with van der Waals surface area (Å²) in [5.41, 5.74) is 5.57. The molecule has 0 aliphatic carbocycles. The zero-order valence-corrected chi connectivity index (χ0v) is 14.7. The smallest absolute Gasteiger partial charge is 0.270 e. The Morgan fingerprint density at radius 1 is 1.20 bits per heavy atom. The van der Waals surface area contributed by atoms with Gasteiger partial charge in [0.25, 0.3) is 5.69 Å². The second-order valence-corrected chi connectivity index (χ2v) is 5.67. The predicted molar refractivity (Wildman–Crippen MR) is 104 cm³/mol. The number of hydrazone groups is 1. The van der Waals surface area contributed by atoms with Gasteiger partial charge in [0, 0.05) is 36.5 Å². The highest BCUT2D eigenvalue weighted by atomic mass is 16.6. The Balaban J connectivity index is 2.27. The largest absolute Gasteiger partial charge is 0.371 e. The van der Waals surface area contributed by atoms with Crippen LogP contribution in [0.5, 0.6) is 0 Å². The molecule has 132 valence electrons. The van der Waals surface area contributed by atoms with E-state index < -0.39 is 0 Å². The number of nitro benzene ring substituents is 1. The maximum atomic E-state index is 11.1. The fourth-order valence-electron chi connectivity index (χ4n) is 2.53. The van der Waals surface area contributed by atoms with Crippen LogP contribution in [0.15, 0.2) is 53.6 Å². The second-order valence-electron chi connectivity index (χ2n) is 5.67. The van der Waals surface area contributed by atoms with Gasteiger partial charge in [0.1, 0.15) is 0 Å². The number of nitro groups is 1. The Morgan fingerprint density at radius 3 is 2.60 bits per heavy atom. The average molecular weight is 340 g/mol. The van der Waals surface area contributed by atoms with Gasteiger partial charge >= 0.3 is 0 Å². The highest BCUT2D eigenvalue weighted by Crippen LogP contribution is 2.25. The van der Waals surface area contributed by atoms with Gasteiger partial charge in [0.15, 0.2) is 0 Å². The zero-order valence-electron chi connectivity index (χ0n) is 14.7. The van der Waals surface area contributed by atoms with Crippen molar-refractivity contribution in [2.75, 3.05) is 23.4 Å². The average Bonchev–Trinajstić information content (AvgIpc) is 2.64. The Hall–Kier alpha value is -2.89. The van der Waals surface area contributed by atoms with Gasteiger partial charge in [-0.1, -0.05) is 31.5 Å². The third kappa shape index (κ3) is 5.31. The van der Waals surface area contributed by atoms with Gasteiger partial charge in [-0.3, -0.25) is 15.5 Å². The number of benzene rings is 2. The van der Waals surface area contributed by atoms with E-state index in [1.807, 2.05) is 30.3 Å². The van der Waals surface area contributed by atoms with Crippen molar-refractivity contribution in [1.82, 2.24) is 0 Å². The van der Waals surface area contributed by atoms with Crippen LogP contribution in [0.4, 0.5) is 17.1 Å². The molecule has 0 aromatic heterocycles. The van der Waals surface area contributed by atoms with Gasteiger partial charge in [-0.05, 0) is 31.5 Å². The lowest BCUT2D eigenvalue weighted by Gasteiger charge is -2.24. The van der Waals surface area contributed by atoms with E-state index in [1.54, 1.807) is 24.4 Å². The number of anilines is 2. The first-order valence-corrected chi connectivity index (χ1v) is 8.53. The van der Waals surface area contributed by atoms with Crippen molar-refractivity contribution in [3.8, 4) is 0 Å². The molecular formula is C19H24N4O2. The molecule has 0 fully saturated rings. The SMILES string of the molecule is CCCCN(CC)c1ccc([N+](=O)[O-])cc1/C=N/Nc1ccccc1. The van der Waals surface area contributed by atoms with Gasteiger partial charge in [0.2, 0.25) is 0 Å². The minimum atomic E-state index is -0.381. The van der Waals surface area contributed by atoms with Crippen LogP contribution in [0.25, 0.3) is 0 Å². The Kier molecular flexibility index (Phi) is 6.95. The summed E-state index contributed by atoms with van der Waals surface area (Å²) >= 11 is 0. The van der Waals surface area contributed by atoms with Crippen LogP contribution < -0.4 is 10.3 Å². The normalized spacial score (nSPS) is 10.8. The van der Waals surface area contributed by atoms with Crippen molar-refractivity contribution in [1.29, 1.82) is 0 Å². The first-order valence-electron chi connectivity index (χ1n) is 8.53. The summed E-state index contributed by atoms with van der Waals surface area (Å²) in [5, 5.41) is 15.3. The van der Waals surface area contributed by atoms with Gasteiger partial charge in [-0.15, -0.1) is 0 Å². The molecule has 0 amide bonds. The highest BCUT2D eigenvalue weighted by molar-refractivity contribution is 5.89. The molecule has 6 heteroatoms. The van der Waals surface area contributed by atoms with Gasteiger partial charge < -0.3 is 4.90 Å². The van der Waals surface area contributed by atoms with Crippen molar-refractivity contribution in [2.45, 2.75) is 26.7 Å². The molecule has 0 bridgehead atoms. The minimum absolute atomic E-state index is 0.0662. The summed E-state index contributed by atoms with van der Waals surface area (Å²) in [6.07, 6.45) is 3.82. The monoisotopic (exact) mass is 340 g/mol. The van der Waals surface area contributed by atoms with Crippen molar-refractivity contribution in [2.24, 2.45) is 5.10 Å². The standard InChI is InChI=1S/C19H24N4O2/c1-3-5-13-22(4-2)19-12-11-18(23(24)25)14-16(19)15-20-21-17-9-7-6-8-10-17/h6-12,14-15,21H,3-5,13H2,1-2H3/b20-15+. The first kappa shape index (κ1) is 18.4. The van der Waals surface area contributed by atoms with Crippen LogP contribution in [0.3, 0.4) is 0 Å². The molecule has 25 heavy (non-hydrogen) atoms. The topological polar surface area (TPSA) is 70.8 Å². The van der Waals surface area contributed by atoms with Crippen LogP contribution in [0.2, 0.25) is 0 Å². The summed E-state index contributed by atoms with van der Waals surface area (Å²) in [5.74, 6) is 0. The second kappa shape index (κ2) is 9.42. The molecule has 2 aromatic rings. The number of rotatable bonds is 9. The molecule has 2 rings (SSSR count). The molecule has 0 saturated heterocycles. The Labute approximate surface area is 148 Å². The lowest BCUT2D eigenvalue weighted by molar-refractivity contribution is -0.384. The molecule has 2 aromatic carbocycles. The molecule has 0 radical (unpaired) electrons. The molecule has 0 unspecified atom stereocenters. The molecule has 0 atom stereocenters. The van der Waals surface area contributed by atoms with Crippen molar-refractivity contribution in [3.63, 3.8) is 0 Å². The molecule has 0 spiro atoms. The van der Waals surface area contributed by atoms with Crippen LogP contribution in [0, 0.1) is 10.1 Å². The molecule has 6 nitrogen and oxygen atoms in total. The number of nitrogens with one attached hydrogen (secondary N) is 1. The Bertz CT molecular complexity index is 717. The quantitative estimate of drug-likeness (QED) is 0.409. The first-order chi connectivity index (χ1) is 12.2. The summed E-state index contributed by atoms with van der Waals surface area (Å²) < 4.78 is 0. The van der Waals surface area contributed by atoms with E-state index in [0.717, 1.165) is 42.9 Å². The van der Waals surface area contributed by atoms with Crippen molar-refractivity contribution in [3.05, 3.63) is 64.2 Å². The third-order valence-electron chi connectivity index (χ3n) is 3.90. The van der Waals surface area contributed by atoms with E-state index in [-0.39, 0.29) is 10.6 Å². The van der Waals surface area contributed by atoms with E-state index in [9.17, 15) is 10.1 Å². The van der Waals surface area contributed by atoms with E-state index in [2.05, 4.69) is 29.3 Å². The molecular weight excluding hydrogens is 316 g/mol. The number of nitrogens with zero attached hydrogens (tertiary/aromatic N) is 3. The number of hydrogen-bond acceptors (Lipinski definition) is 5. The highest BCUT2D eigenvalue weighted by Gasteiger charge is 2.13. The molecule has 1 N–H and O–H groups in total. The number of unbranched alkanes of at least 4 members (excludes halogenated alkanes) is 1. The van der Waals surface area contributed by atoms with Gasteiger partial charge in [-0.25, -0.2) is 0 Å². The Morgan fingerprint density at radius 2 is 1.96 bits per heavy atom. The third-order valence-corrected chi connectivity index (χ3v) is 3.90. The van der Waals surface area contributed by atoms with Crippen LogP contribution in [-0.4, -0.2) is 24.2 Å². The minimum Gasteiger partial charge on any atom is -0.371 e. The fourth-order valence-corrected chi connectivity index (χ4v) is 2.53. The van der Waals surface area contributed by atoms with Crippen molar-refractivity contribution >= 4 is 23.3 Å². The van der Waals surface area contributed by atoms with Gasteiger partial charge in [0.05, 0.1) is 16.8 Å². The van der Waals surface area contributed by atoms with E-state index >= 15 is 0 Å². The number of non-ortho nitro benzene ring substituents is 1. The number of para-hydroxylation sites is 1. The van der Waals surface area contributed by atoms with Gasteiger partial charge in [-0.2, -0.15) is 5.10 Å². The molecule has 0 aliphatic rings. The molecule has 0 saturated carbocycles. The van der Waals surface area contributed by atoms with Crippen LogP contribution >= 0.6 is 0 Å². The molecule has 0 aliphatic heterocycles. The van der Waals surface area contributed by atoms with E-state index in [4.69, 9.17) is 0 Å². The van der Waals surface area contributed by atoms with Crippen LogP contribution in [-0.2, 0) is 0 Å². The maximum Gasteiger partial charge on any atom is 0.270 e. The lowest BCUT2D eigenvalue weighted by atomic mass is 10.1. The summed E-state index contributed by atoms with van der Waals surface area (Å²) in [6, 6.07) is 14.5.